The largest absolute Gasteiger partial charge is 0.408 e. The summed E-state index contributed by atoms with van der Waals surface area (Å²) in [5.74, 6) is 0.932. The second kappa shape index (κ2) is 6.26. The molecule has 0 saturated heterocycles. The quantitative estimate of drug-likeness (QED) is 0.935. The average Bonchev–Trinajstić information content (AvgIpc) is 3.12. The van der Waals surface area contributed by atoms with Gasteiger partial charge in [-0.15, -0.1) is 5.10 Å². The molecular formula is C15H16ClN3O2. The van der Waals surface area contributed by atoms with E-state index in [1.165, 1.54) is 25.7 Å². The van der Waals surface area contributed by atoms with Gasteiger partial charge in [0.1, 0.15) is 0 Å². The van der Waals surface area contributed by atoms with Crippen molar-refractivity contribution in [2.45, 2.75) is 32.1 Å². The normalized spacial score (nSPS) is 15.3. The molecule has 5 nitrogen and oxygen atoms in total. The van der Waals surface area contributed by atoms with E-state index >= 15 is 0 Å². The maximum atomic E-state index is 12.0. The number of rotatable bonds is 4. The Morgan fingerprint density at radius 1 is 1.24 bits per heavy atom. The van der Waals surface area contributed by atoms with Crippen LogP contribution in [0.2, 0.25) is 5.02 Å². The Morgan fingerprint density at radius 3 is 2.67 bits per heavy atom. The number of nitrogens with one attached hydrogen (secondary N) is 1. The topological polar surface area (TPSA) is 68.0 Å². The van der Waals surface area contributed by atoms with Crippen LogP contribution in [0.4, 0.5) is 6.01 Å². The van der Waals surface area contributed by atoms with Gasteiger partial charge in [-0.05, 0) is 43.0 Å². The molecule has 1 aromatic heterocycles. The zero-order valence-corrected chi connectivity index (χ0v) is 12.3. The van der Waals surface area contributed by atoms with Crippen LogP contribution < -0.4 is 5.32 Å². The second-order valence-corrected chi connectivity index (χ2v) is 5.75. The summed E-state index contributed by atoms with van der Waals surface area (Å²) in [6.45, 7) is 0. The minimum Gasteiger partial charge on any atom is -0.408 e. The molecule has 1 aliphatic carbocycles. The minimum atomic E-state index is -0.289. The molecule has 0 radical (unpaired) electrons. The van der Waals surface area contributed by atoms with E-state index in [2.05, 4.69) is 15.5 Å². The molecule has 21 heavy (non-hydrogen) atoms. The lowest BCUT2D eigenvalue weighted by Crippen LogP contribution is -2.11. The van der Waals surface area contributed by atoms with Gasteiger partial charge in [-0.1, -0.05) is 29.5 Å². The van der Waals surface area contributed by atoms with Gasteiger partial charge in [0.2, 0.25) is 5.89 Å². The number of benzene rings is 1. The van der Waals surface area contributed by atoms with E-state index < -0.39 is 0 Å². The lowest BCUT2D eigenvalue weighted by molar-refractivity contribution is 0.102. The summed E-state index contributed by atoms with van der Waals surface area (Å²) in [7, 11) is 0. The SMILES string of the molecule is O=C(Nc1nnc(CC2CCCC2)o1)c1ccc(Cl)cc1. The molecule has 110 valence electrons. The summed E-state index contributed by atoms with van der Waals surface area (Å²) in [5, 5.41) is 11.0. The molecule has 1 fully saturated rings. The van der Waals surface area contributed by atoms with Crippen LogP contribution in [0.5, 0.6) is 0 Å². The van der Waals surface area contributed by atoms with Crippen LogP contribution in [-0.4, -0.2) is 16.1 Å². The van der Waals surface area contributed by atoms with E-state index in [0.717, 1.165) is 6.42 Å². The van der Waals surface area contributed by atoms with E-state index in [1.807, 2.05) is 0 Å². The molecule has 6 heteroatoms. The third-order valence-corrected chi connectivity index (χ3v) is 3.98. The molecule has 0 unspecified atom stereocenters. The van der Waals surface area contributed by atoms with Gasteiger partial charge in [-0.2, -0.15) is 0 Å². The number of carbonyl (C=O) groups excluding carboxylic acids is 1. The number of hydrogen-bond donors (Lipinski definition) is 1. The first-order valence-corrected chi connectivity index (χ1v) is 7.48. The fourth-order valence-electron chi connectivity index (χ4n) is 2.62. The van der Waals surface area contributed by atoms with Crippen molar-refractivity contribution in [1.82, 2.24) is 10.2 Å². The molecule has 0 bridgehead atoms. The third kappa shape index (κ3) is 3.61. The Hall–Kier alpha value is -1.88. The molecule has 1 amide bonds. The molecule has 1 aromatic carbocycles. The summed E-state index contributed by atoms with van der Waals surface area (Å²) in [6, 6.07) is 6.76. The number of hydrogen-bond acceptors (Lipinski definition) is 4. The van der Waals surface area contributed by atoms with Crippen LogP contribution in [-0.2, 0) is 6.42 Å². The van der Waals surface area contributed by atoms with Crippen molar-refractivity contribution >= 4 is 23.5 Å². The zero-order chi connectivity index (χ0) is 14.7. The summed E-state index contributed by atoms with van der Waals surface area (Å²) >= 11 is 5.79. The fraction of sp³-hybridized carbons (Fsp3) is 0.400. The number of amides is 1. The summed E-state index contributed by atoms with van der Waals surface area (Å²) in [6.07, 6.45) is 5.78. The van der Waals surface area contributed by atoms with Crippen molar-refractivity contribution in [3.8, 4) is 0 Å². The number of halogens is 1. The molecule has 1 saturated carbocycles. The molecular weight excluding hydrogens is 290 g/mol. The van der Waals surface area contributed by atoms with Gasteiger partial charge in [0.25, 0.3) is 5.91 Å². The molecule has 0 spiro atoms. The number of carbonyl (C=O) groups is 1. The highest BCUT2D eigenvalue weighted by Crippen LogP contribution is 2.27. The second-order valence-electron chi connectivity index (χ2n) is 5.32. The van der Waals surface area contributed by atoms with Gasteiger partial charge in [0, 0.05) is 17.0 Å². The molecule has 2 aromatic rings. The Kier molecular flexibility index (Phi) is 4.20. The van der Waals surface area contributed by atoms with E-state index in [1.54, 1.807) is 24.3 Å². The Morgan fingerprint density at radius 2 is 1.95 bits per heavy atom. The van der Waals surface area contributed by atoms with Crippen LogP contribution in [0.25, 0.3) is 0 Å². The Bertz CT molecular complexity index is 618. The molecule has 0 atom stereocenters. The van der Waals surface area contributed by atoms with E-state index in [4.69, 9.17) is 16.0 Å². The Labute approximate surface area is 127 Å². The number of aromatic nitrogens is 2. The molecule has 1 aliphatic rings. The lowest BCUT2D eigenvalue weighted by atomic mass is 10.0. The van der Waals surface area contributed by atoms with Crippen molar-refractivity contribution in [1.29, 1.82) is 0 Å². The first-order valence-electron chi connectivity index (χ1n) is 7.10. The van der Waals surface area contributed by atoms with Crippen LogP contribution in [0.15, 0.2) is 28.7 Å². The van der Waals surface area contributed by atoms with Gasteiger partial charge < -0.3 is 4.42 Å². The average molecular weight is 306 g/mol. The van der Waals surface area contributed by atoms with Crippen LogP contribution in [0.3, 0.4) is 0 Å². The first-order chi connectivity index (χ1) is 10.2. The monoisotopic (exact) mass is 305 g/mol. The van der Waals surface area contributed by atoms with Crippen molar-refractivity contribution < 1.29 is 9.21 Å². The van der Waals surface area contributed by atoms with Gasteiger partial charge >= 0.3 is 6.01 Å². The van der Waals surface area contributed by atoms with Crippen LogP contribution >= 0.6 is 11.6 Å². The summed E-state index contributed by atoms with van der Waals surface area (Å²) < 4.78 is 5.48. The maximum absolute atomic E-state index is 12.0. The van der Waals surface area contributed by atoms with E-state index in [9.17, 15) is 4.79 Å². The van der Waals surface area contributed by atoms with E-state index in [0.29, 0.717) is 22.4 Å². The van der Waals surface area contributed by atoms with Crippen molar-refractivity contribution in [2.75, 3.05) is 5.32 Å². The fourth-order valence-corrected chi connectivity index (χ4v) is 2.74. The highest BCUT2D eigenvalue weighted by Gasteiger charge is 2.19. The van der Waals surface area contributed by atoms with Gasteiger partial charge in [0.05, 0.1) is 0 Å². The van der Waals surface area contributed by atoms with Gasteiger partial charge in [-0.3, -0.25) is 10.1 Å². The predicted octanol–water partition coefficient (Wildman–Crippen LogP) is 3.71. The smallest absolute Gasteiger partial charge is 0.322 e. The van der Waals surface area contributed by atoms with Gasteiger partial charge in [-0.25, -0.2) is 0 Å². The molecule has 0 aliphatic heterocycles. The molecule has 1 heterocycles. The first kappa shape index (κ1) is 14.1. The Balaban J connectivity index is 1.61. The van der Waals surface area contributed by atoms with E-state index in [-0.39, 0.29) is 11.9 Å². The van der Waals surface area contributed by atoms with Crippen LogP contribution in [0, 0.1) is 5.92 Å². The highest BCUT2D eigenvalue weighted by molar-refractivity contribution is 6.30. The van der Waals surface area contributed by atoms with Gasteiger partial charge in [0.15, 0.2) is 0 Å². The molecule has 3 rings (SSSR count). The minimum absolute atomic E-state index is 0.142. The summed E-state index contributed by atoms with van der Waals surface area (Å²) in [5.41, 5.74) is 0.495. The zero-order valence-electron chi connectivity index (χ0n) is 11.5. The highest BCUT2D eigenvalue weighted by atomic mass is 35.5. The predicted molar refractivity (Wildman–Crippen MR) is 79.4 cm³/mol. The number of anilines is 1. The maximum Gasteiger partial charge on any atom is 0.322 e. The van der Waals surface area contributed by atoms with Crippen LogP contribution in [0.1, 0.15) is 41.9 Å². The molecule has 1 N–H and O–H groups in total. The third-order valence-electron chi connectivity index (χ3n) is 3.73. The standard InChI is InChI=1S/C15H16ClN3O2/c16-12-7-5-11(6-8-12)14(20)17-15-19-18-13(21-15)9-10-3-1-2-4-10/h5-8,10H,1-4,9H2,(H,17,19,20). The van der Waals surface area contributed by atoms with Crippen molar-refractivity contribution in [3.63, 3.8) is 0 Å². The number of nitrogens with zero attached hydrogens (tertiary/aromatic N) is 2. The van der Waals surface area contributed by atoms with Crippen molar-refractivity contribution in [2.24, 2.45) is 5.92 Å². The van der Waals surface area contributed by atoms with Crippen molar-refractivity contribution in [3.05, 3.63) is 40.7 Å². The summed E-state index contributed by atoms with van der Waals surface area (Å²) in [4.78, 5) is 12.0. The lowest BCUT2D eigenvalue weighted by Gasteiger charge is -2.03.